The van der Waals surface area contributed by atoms with Crippen molar-refractivity contribution in [1.29, 1.82) is 0 Å². The van der Waals surface area contributed by atoms with Gasteiger partial charge in [0, 0.05) is 17.2 Å². The number of rotatable bonds is 4. The quantitative estimate of drug-likeness (QED) is 0.669. The SMILES string of the molecule is CC(C)(C)NC(=O)Cc1ccc([N+](=O)[O-])cc1[N+](=O)[O-]. The van der Waals surface area contributed by atoms with Gasteiger partial charge in [0.2, 0.25) is 5.91 Å². The van der Waals surface area contributed by atoms with Gasteiger partial charge in [-0.15, -0.1) is 0 Å². The second kappa shape index (κ2) is 5.64. The first-order chi connectivity index (χ1) is 9.10. The van der Waals surface area contributed by atoms with E-state index in [-0.39, 0.29) is 23.6 Å². The zero-order chi connectivity index (χ0) is 15.5. The lowest BCUT2D eigenvalue weighted by Gasteiger charge is -2.20. The highest BCUT2D eigenvalue weighted by atomic mass is 16.6. The van der Waals surface area contributed by atoms with Gasteiger partial charge in [-0.25, -0.2) is 0 Å². The zero-order valence-electron chi connectivity index (χ0n) is 11.4. The third-order valence-corrected chi connectivity index (χ3v) is 2.34. The molecule has 1 amide bonds. The second-order valence-electron chi connectivity index (χ2n) is 5.30. The molecule has 0 aliphatic carbocycles. The van der Waals surface area contributed by atoms with E-state index in [9.17, 15) is 25.0 Å². The number of amides is 1. The molecule has 0 unspecified atom stereocenters. The van der Waals surface area contributed by atoms with E-state index in [4.69, 9.17) is 0 Å². The number of carbonyl (C=O) groups excluding carboxylic acids is 1. The van der Waals surface area contributed by atoms with Gasteiger partial charge in [-0.1, -0.05) is 0 Å². The molecule has 0 saturated heterocycles. The van der Waals surface area contributed by atoms with E-state index in [1.165, 1.54) is 6.07 Å². The number of hydrogen-bond acceptors (Lipinski definition) is 5. The summed E-state index contributed by atoms with van der Waals surface area (Å²) in [5.74, 6) is -0.380. The van der Waals surface area contributed by atoms with Crippen LogP contribution in [0.1, 0.15) is 26.3 Å². The van der Waals surface area contributed by atoms with Gasteiger partial charge < -0.3 is 5.32 Å². The number of benzene rings is 1. The normalized spacial score (nSPS) is 10.9. The van der Waals surface area contributed by atoms with Crippen molar-refractivity contribution in [2.45, 2.75) is 32.7 Å². The van der Waals surface area contributed by atoms with Gasteiger partial charge in [0.05, 0.1) is 22.3 Å². The molecule has 8 heteroatoms. The molecular formula is C12H15N3O5. The van der Waals surface area contributed by atoms with Crippen molar-refractivity contribution in [3.05, 3.63) is 44.0 Å². The summed E-state index contributed by atoms with van der Waals surface area (Å²) in [6, 6.07) is 3.24. The van der Waals surface area contributed by atoms with E-state index in [0.29, 0.717) is 0 Å². The molecule has 0 heterocycles. The molecule has 8 nitrogen and oxygen atoms in total. The van der Waals surface area contributed by atoms with E-state index in [0.717, 1.165) is 12.1 Å². The maximum absolute atomic E-state index is 11.8. The maximum atomic E-state index is 11.8. The topological polar surface area (TPSA) is 115 Å². The molecule has 20 heavy (non-hydrogen) atoms. The Balaban J connectivity index is 3.03. The van der Waals surface area contributed by atoms with Gasteiger partial charge >= 0.3 is 0 Å². The largest absolute Gasteiger partial charge is 0.351 e. The summed E-state index contributed by atoms with van der Waals surface area (Å²) in [7, 11) is 0. The van der Waals surface area contributed by atoms with Crippen LogP contribution < -0.4 is 5.32 Å². The molecule has 1 aromatic carbocycles. The molecular weight excluding hydrogens is 266 g/mol. The van der Waals surface area contributed by atoms with Crippen LogP contribution in [0.25, 0.3) is 0 Å². The standard InChI is InChI=1S/C12H15N3O5/c1-12(2,3)13-11(16)6-8-4-5-9(14(17)18)7-10(8)15(19)20/h4-5,7H,6H2,1-3H3,(H,13,16). The number of nitro groups is 2. The predicted molar refractivity (Wildman–Crippen MR) is 71.4 cm³/mol. The van der Waals surface area contributed by atoms with Crippen LogP contribution in [0.2, 0.25) is 0 Å². The third kappa shape index (κ3) is 4.30. The van der Waals surface area contributed by atoms with E-state index >= 15 is 0 Å². The number of nitro benzene ring substituents is 2. The minimum Gasteiger partial charge on any atom is -0.351 e. The predicted octanol–water partition coefficient (Wildman–Crippen LogP) is 1.96. The Kier molecular flexibility index (Phi) is 4.38. The summed E-state index contributed by atoms with van der Waals surface area (Å²) >= 11 is 0. The highest BCUT2D eigenvalue weighted by Crippen LogP contribution is 2.25. The van der Waals surface area contributed by atoms with E-state index in [1.807, 2.05) is 0 Å². The van der Waals surface area contributed by atoms with E-state index in [2.05, 4.69) is 5.32 Å². The Morgan fingerprint density at radius 1 is 1.20 bits per heavy atom. The van der Waals surface area contributed by atoms with E-state index < -0.39 is 21.1 Å². The average Bonchev–Trinajstić information content (AvgIpc) is 2.25. The van der Waals surface area contributed by atoms with Crippen molar-refractivity contribution in [3.63, 3.8) is 0 Å². The summed E-state index contributed by atoms with van der Waals surface area (Å²) in [6.45, 7) is 5.36. The first kappa shape index (κ1) is 15.5. The molecule has 1 rings (SSSR count). The van der Waals surface area contributed by atoms with Gasteiger partial charge in [-0.3, -0.25) is 25.0 Å². The Hall–Kier alpha value is -2.51. The van der Waals surface area contributed by atoms with Gasteiger partial charge in [-0.05, 0) is 26.8 Å². The Labute approximate surface area is 115 Å². The van der Waals surface area contributed by atoms with Crippen LogP contribution >= 0.6 is 0 Å². The molecule has 0 atom stereocenters. The molecule has 0 aliphatic heterocycles. The lowest BCUT2D eigenvalue weighted by atomic mass is 10.1. The number of nitrogens with one attached hydrogen (secondary N) is 1. The number of carbonyl (C=O) groups is 1. The fraction of sp³-hybridized carbons (Fsp3) is 0.417. The Bertz CT molecular complexity index is 563. The minimum absolute atomic E-state index is 0.141. The highest BCUT2D eigenvalue weighted by Gasteiger charge is 2.22. The van der Waals surface area contributed by atoms with Crippen molar-refractivity contribution >= 4 is 17.3 Å². The maximum Gasteiger partial charge on any atom is 0.279 e. The van der Waals surface area contributed by atoms with Gasteiger partial charge in [0.15, 0.2) is 0 Å². The molecule has 0 fully saturated rings. The third-order valence-electron chi connectivity index (χ3n) is 2.34. The molecule has 0 radical (unpaired) electrons. The minimum atomic E-state index is -0.729. The Morgan fingerprint density at radius 3 is 2.25 bits per heavy atom. The number of nitrogens with zero attached hydrogens (tertiary/aromatic N) is 2. The highest BCUT2D eigenvalue weighted by molar-refractivity contribution is 5.80. The number of hydrogen-bond donors (Lipinski definition) is 1. The molecule has 0 aromatic heterocycles. The van der Waals surface area contributed by atoms with Crippen LogP contribution in [0, 0.1) is 20.2 Å². The first-order valence-electron chi connectivity index (χ1n) is 5.83. The molecule has 1 N–H and O–H groups in total. The summed E-state index contributed by atoms with van der Waals surface area (Å²) in [4.78, 5) is 31.8. The van der Waals surface area contributed by atoms with Crippen molar-refractivity contribution in [1.82, 2.24) is 5.32 Å². The summed E-state index contributed by atoms with van der Waals surface area (Å²) < 4.78 is 0. The zero-order valence-corrected chi connectivity index (χ0v) is 11.4. The lowest BCUT2D eigenvalue weighted by Crippen LogP contribution is -2.41. The fourth-order valence-electron chi connectivity index (χ4n) is 1.62. The summed E-state index contributed by atoms with van der Waals surface area (Å²) in [5, 5.41) is 24.2. The summed E-state index contributed by atoms with van der Waals surface area (Å²) in [6.07, 6.45) is -0.203. The summed E-state index contributed by atoms with van der Waals surface area (Å²) in [5.41, 5.74) is -1.12. The van der Waals surface area contributed by atoms with Crippen molar-refractivity contribution in [2.75, 3.05) is 0 Å². The molecule has 1 aromatic rings. The van der Waals surface area contributed by atoms with Crippen molar-refractivity contribution < 1.29 is 14.6 Å². The first-order valence-corrected chi connectivity index (χ1v) is 5.83. The van der Waals surface area contributed by atoms with E-state index in [1.54, 1.807) is 20.8 Å². The van der Waals surface area contributed by atoms with Gasteiger partial charge in [-0.2, -0.15) is 0 Å². The van der Waals surface area contributed by atoms with Crippen molar-refractivity contribution in [2.24, 2.45) is 0 Å². The average molecular weight is 281 g/mol. The fourth-order valence-corrected chi connectivity index (χ4v) is 1.62. The smallest absolute Gasteiger partial charge is 0.279 e. The van der Waals surface area contributed by atoms with Crippen LogP contribution in [0.5, 0.6) is 0 Å². The van der Waals surface area contributed by atoms with Crippen LogP contribution in [-0.2, 0) is 11.2 Å². The van der Waals surface area contributed by atoms with Crippen LogP contribution in [0.3, 0.4) is 0 Å². The molecule has 0 bridgehead atoms. The van der Waals surface area contributed by atoms with Gasteiger partial charge in [0.1, 0.15) is 0 Å². The lowest BCUT2D eigenvalue weighted by molar-refractivity contribution is -0.394. The molecule has 0 saturated carbocycles. The molecule has 0 spiro atoms. The molecule has 0 aliphatic rings. The van der Waals surface area contributed by atoms with Crippen LogP contribution in [0.4, 0.5) is 11.4 Å². The molecule has 108 valence electrons. The van der Waals surface area contributed by atoms with Crippen molar-refractivity contribution in [3.8, 4) is 0 Å². The van der Waals surface area contributed by atoms with Crippen LogP contribution in [-0.4, -0.2) is 21.3 Å². The van der Waals surface area contributed by atoms with Gasteiger partial charge in [0.25, 0.3) is 11.4 Å². The second-order valence-corrected chi connectivity index (χ2v) is 5.30. The monoisotopic (exact) mass is 281 g/mol. The number of non-ortho nitro benzene ring substituents is 1. The van der Waals surface area contributed by atoms with Crippen LogP contribution in [0.15, 0.2) is 18.2 Å². The Morgan fingerprint density at radius 2 is 1.80 bits per heavy atom.